The smallest absolute Gasteiger partial charge is 0.260 e. The number of anilines is 2. The zero-order valence-electron chi connectivity index (χ0n) is 19.6. The van der Waals surface area contributed by atoms with E-state index >= 15 is 0 Å². The number of hydrogen-bond acceptors (Lipinski definition) is 7. The molecule has 0 saturated carbocycles. The Morgan fingerprint density at radius 3 is 2.82 bits per heavy atom. The third-order valence-corrected chi connectivity index (χ3v) is 6.82. The summed E-state index contributed by atoms with van der Waals surface area (Å²) in [6.07, 6.45) is 3.99. The summed E-state index contributed by atoms with van der Waals surface area (Å²) in [7, 11) is 1.92. The van der Waals surface area contributed by atoms with Gasteiger partial charge in [-0.15, -0.1) is 10.2 Å². The fourth-order valence-electron chi connectivity index (χ4n) is 4.79. The molecule has 1 amide bonds. The molecule has 5 rings (SSSR count). The SMILES string of the molecule is CCn1cnnc1-c1cccc(N2Cc3c(cc(N4CCC[C@H]4C)nc3[C@H](C)NC)C2=O)n1. The number of carbonyl (C=O) groups excluding carboxylic acids is 1. The third-order valence-electron chi connectivity index (χ3n) is 6.82. The minimum atomic E-state index is -0.0355. The fraction of sp³-hybridized carbons (Fsp3) is 0.458. The molecule has 0 aromatic carbocycles. The van der Waals surface area contributed by atoms with Crippen molar-refractivity contribution in [2.24, 2.45) is 0 Å². The van der Waals surface area contributed by atoms with Crippen LogP contribution in [0.25, 0.3) is 11.5 Å². The third kappa shape index (κ3) is 3.66. The van der Waals surface area contributed by atoms with Crippen LogP contribution < -0.4 is 15.1 Å². The number of nitrogens with zero attached hydrogens (tertiary/aromatic N) is 7. The van der Waals surface area contributed by atoms with Gasteiger partial charge in [-0.1, -0.05) is 6.07 Å². The number of nitrogens with one attached hydrogen (secondary N) is 1. The van der Waals surface area contributed by atoms with Crippen LogP contribution in [0.5, 0.6) is 0 Å². The van der Waals surface area contributed by atoms with Gasteiger partial charge in [-0.2, -0.15) is 0 Å². The molecule has 1 saturated heterocycles. The zero-order chi connectivity index (χ0) is 23.1. The van der Waals surface area contributed by atoms with Crippen LogP contribution >= 0.6 is 0 Å². The van der Waals surface area contributed by atoms with Gasteiger partial charge in [-0.3, -0.25) is 9.69 Å². The minimum Gasteiger partial charge on any atom is -0.354 e. The number of rotatable bonds is 6. The van der Waals surface area contributed by atoms with Crippen molar-refractivity contribution in [3.63, 3.8) is 0 Å². The Morgan fingerprint density at radius 1 is 1.24 bits per heavy atom. The molecule has 9 heteroatoms. The van der Waals surface area contributed by atoms with Crippen molar-refractivity contribution in [2.45, 2.75) is 58.8 Å². The van der Waals surface area contributed by atoms with Gasteiger partial charge in [0.25, 0.3) is 5.91 Å². The summed E-state index contributed by atoms with van der Waals surface area (Å²) in [6, 6.07) is 8.12. The summed E-state index contributed by atoms with van der Waals surface area (Å²) in [5.74, 6) is 2.16. The van der Waals surface area contributed by atoms with Gasteiger partial charge in [0, 0.05) is 30.7 Å². The van der Waals surface area contributed by atoms with Crippen molar-refractivity contribution in [3.8, 4) is 11.5 Å². The van der Waals surface area contributed by atoms with Gasteiger partial charge in [-0.05, 0) is 58.9 Å². The van der Waals surface area contributed by atoms with Gasteiger partial charge < -0.3 is 14.8 Å². The lowest BCUT2D eigenvalue weighted by Crippen LogP contribution is -2.28. The highest BCUT2D eigenvalue weighted by molar-refractivity contribution is 6.10. The van der Waals surface area contributed by atoms with Gasteiger partial charge in [0.1, 0.15) is 23.7 Å². The van der Waals surface area contributed by atoms with Crippen LogP contribution in [0.4, 0.5) is 11.6 Å². The standard InChI is InChI=1S/C24H30N8O/c1-5-30-14-26-29-23(30)19-9-6-10-20(27-19)32-13-18-17(24(32)33)12-21(28-22(18)16(3)25-4)31-11-7-8-15(31)2/h6,9-10,12,14-16,25H,5,7-8,11,13H2,1-4H3/t15-,16+/m1/s1. The number of aromatic nitrogens is 5. The summed E-state index contributed by atoms with van der Waals surface area (Å²) >= 11 is 0. The molecular formula is C24H30N8O. The Balaban J connectivity index is 1.54. The van der Waals surface area contributed by atoms with E-state index in [-0.39, 0.29) is 11.9 Å². The van der Waals surface area contributed by atoms with Crippen molar-refractivity contribution in [1.82, 2.24) is 30.0 Å². The van der Waals surface area contributed by atoms with Gasteiger partial charge >= 0.3 is 0 Å². The van der Waals surface area contributed by atoms with Gasteiger partial charge in [0.15, 0.2) is 5.82 Å². The number of fused-ring (bicyclic) bond motifs is 1. The largest absolute Gasteiger partial charge is 0.354 e. The molecule has 3 aromatic heterocycles. The molecule has 1 N–H and O–H groups in total. The average Bonchev–Trinajstić information content (AvgIpc) is 3.57. The van der Waals surface area contributed by atoms with Crippen molar-refractivity contribution in [3.05, 3.63) is 47.4 Å². The number of amides is 1. The molecule has 5 heterocycles. The summed E-state index contributed by atoms with van der Waals surface area (Å²) in [4.78, 5) is 27.5. The van der Waals surface area contributed by atoms with Crippen LogP contribution in [-0.4, -0.2) is 50.3 Å². The normalized spacial score (nSPS) is 18.8. The van der Waals surface area contributed by atoms with Crippen molar-refractivity contribution >= 4 is 17.5 Å². The molecule has 9 nitrogen and oxygen atoms in total. The highest BCUT2D eigenvalue weighted by Crippen LogP contribution is 2.35. The Hall–Kier alpha value is -3.33. The molecule has 0 spiro atoms. The molecule has 0 unspecified atom stereocenters. The van der Waals surface area contributed by atoms with Crippen LogP contribution in [0.3, 0.4) is 0 Å². The Morgan fingerprint density at radius 2 is 2.09 bits per heavy atom. The summed E-state index contributed by atoms with van der Waals surface area (Å²) in [5, 5.41) is 11.5. The predicted molar refractivity (Wildman–Crippen MR) is 127 cm³/mol. The highest BCUT2D eigenvalue weighted by Gasteiger charge is 2.35. The van der Waals surface area contributed by atoms with E-state index in [0.717, 1.165) is 48.6 Å². The number of hydrogen-bond donors (Lipinski definition) is 1. The first-order valence-corrected chi connectivity index (χ1v) is 11.7. The first-order valence-electron chi connectivity index (χ1n) is 11.7. The second-order valence-electron chi connectivity index (χ2n) is 8.80. The molecule has 3 aromatic rings. The Labute approximate surface area is 193 Å². The van der Waals surface area contributed by atoms with Crippen molar-refractivity contribution in [2.75, 3.05) is 23.4 Å². The molecule has 1 fully saturated rings. The maximum Gasteiger partial charge on any atom is 0.260 e. The van der Waals surface area contributed by atoms with E-state index < -0.39 is 0 Å². The molecule has 33 heavy (non-hydrogen) atoms. The molecule has 2 atom stereocenters. The molecule has 0 radical (unpaired) electrons. The number of carbonyl (C=O) groups is 1. The molecule has 2 aliphatic heterocycles. The van der Waals surface area contributed by atoms with E-state index in [0.29, 0.717) is 29.9 Å². The highest BCUT2D eigenvalue weighted by atomic mass is 16.2. The lowest BCUT2D eigenvalue weighted by atomic mass is 10.0. The Bertz CT molecular complexity index is 1190. The van der Waals surface area contributed by atoms with Gasteiger partial charge in [0.2, 0.25) is 0 Å². The van der Waals surface area contributed by atoms with Crippen LogP contribution in [0.2, 0.25) is 0 Å². The van der Waals surface area contributed by atoms with Gasteiger partial charge in [-0.25, -0.2) is 9.97 Å². The van der Waals surface area contributed by atoms with E-state index in [1.807, 2.05) is 42.8 Å². The lowest BCUT2D eigenvalue weighted by molar-refractivity contribution is 0.0996. The van der Waals surface area contributed by atoms with Crippen LogP contribution in [0.15, 0.2) is 30.6 Å². The zero-order valence-corrected chi connectivity index (χ0v) is 19.6. The van der Waals surface area contributed by atoms with Crippen LogP contribution in [0, 0.1) is 0 Å². The summed E-state index contributed by atoms with van der Waals surface area (Å²) < 4.78 is 1.94. The molecule has 2 aliphatic rings. The van der Waals surface area contributed by atoms with E-state index in [2.05, 4.69) is 34.3 Å². The summed E-state index contributed by atoms with van der Waals surface area (Å²) in [6.45, 7) is 8.52. The molecule has 0 aliphatic carbocycles. The minimum absolute atomic E-state index is 0.0340. The average molecular weight is 447 g/mol. The first-order chi connectivity index (χ1) is 16.0. The van der Waals surface area contributed by atoms with E-state index in [1.165, 1.54) is 0 Å². The summed E-state index contributed by atoms with van der Waals surface area (Å²) in [5.41, 5.74) is 3.33. The topological polar surface area (TPSA) is 92.1 Å². The molecule has 172 valence electrons. The molecule has 0 bridgehead atoms. The predicted octanol–water partition coefficient (Wildman–Crippen LogP) is 3.18. The Kier molecular flexibility index (Phi) is 5.57. The lowest BCUT2D eigenvalue weighted by Gasteiger charge is -2.25. The maximum atomic E-state index is 13.6. The maximum absolute atomic E-state index is 13.6. The van der Waals surface area contributed by atoms with Crippen molar-refractivity contribution in [1.29, 1.82) is 0 Å². The van der Waals surface area contributed by atoms with E-state index in [1.54, 1.807) is 11.2 Å². The van der Waals surface area contributed by atoms with Crippen LogP contribution in [-0.2, 0) is 13.1 Å². The van der Waals surface area contributed by atoms with E-state index in [4.69, 9.17) is 9.97 Å². The van der Waals surface area contributed by atoms with E-state index in [9.17, 15) is 4.79 Å². The van der Waals surface area contributed by atoms with Crippen LogP contribution in [0.1, 0.15) is 61.3 Å². The number of aryl methyl sites for hydroxylation is 1. The number of pyridine rings is 2. The first kappa shape index (κ1) is 21.5. The second-order valence-corrected chi connectivity index (χ2v) is 8.80. The van der Waals surface area contributed by atoms with Crippen molar-refractivity contribution < 1.29 is 4.79 Å². The van der Waals surface area contributed by atoms with Gasteiger partial charge in [0.05, 0.1) is 17.8 Å². The fourth-order valence-corrected chi connectivity index (χ4v) is 4.79. The quantitative estimate of drug-likeness (QED) is 0.622. The second kappa shape index (κ2) is 8.55. The monoisotopic (exact) mass is 446 g/mol. The molecular weight excluding hydrogens is 416 g/mol.